The summed E-state index contributed by atoms with van der Waals surface area (Å²) in [6.45, 7) is 9.95. The molecule has 7 heteroatoms. The molecule has 0 saturated carbocycles. The number of anilines is 1. The first-order valence-electron chi connectivity index (χ1n) is 10.1. The van der Waals surface area contributed by atoms with Crippen LogP contribution in [0.5, 0.6) is 5.75 Å². The van der Waals surface area contributed by atoms with Crippen LogP contribution in [0, 0.1) is 16.7 Å². The molecule has 3 fully saturated rings. The Labute approximate surface area is 167 Å². The van der Waals surface area contributed by atoms with Gasteiger partial charge in [-0.3, -0.25) is 10.2 Å². The number of hydrogen-bond donors (Lipinski definition) is 3. The van der Waals surface area contributed by atoms with Gasteiger partial charge in [0.05, 0.1) is 25.7 Å². The van der Waals surface area contributed by atoms with Crippen LogP contribution in [0.25, 0.3) is 0 Å². The molecule has 1 aromatic rings. The number of hydrogen-bond acceptors (Lipinski definition) is 5. The second-order valence-corrected chi connectivity index (χ2v) is 8.49. The molecule has 1 amide bonds. The van der Waals surface area contributed by atoms with Crippen molar-refractivity contribution in [2.24, 2.45) is 17.1 Å². The minimum Gasteiger partial charge on any atom is -0.494 e. The standard InChI is InChI=1S/C21H33N5O2/c1-4-28-17-7-5-16(6-8-17)26-13-15-9-21(2,3)18(26)14-25(12-15)20(27)11-24-19(23)10-22/h5-8,15,18H,4,9-14,22H2,1-3H3,(H2,23,24)/t15-,18?/m1/s1. The summed E-state index contributed by atoms with van der Waals surface area (Å²) >= 11 is 0. The molecule has 154 valence electrons. The van der Waals surface area contributed by atoms with Crippen LogP contribution in [0.15, 0.2) is 24.3 Å². The van der Waals surface area contributed by atoms with E-state index in [4.69, 9.17) is 15.9 Å². The van der Waals surface area contributed by atoms with Crippen molar-refractivity contribution in [2.45, 2.75) is 33.2 Å². The number of amides is 1. The van der Waals surface area contributed by atoms with Gasteiger partial charge >= 0.3 is 0 Å². The minimum atomic E-state index is 0.0412. The van der Waals surface area contributed by atoms with Gasteiger partial charge in [0.1, 0.15) is 11.6 Å². The van der Waals surface area contributed by atoms with E-state index in [9.17, 15) is 4.79 Å². The summed E-state index contributed by atoms with van der Waals surface area (Å²) < 4.78 is 5.58. The van der Waals surface area contributed by atoms with Crippen LogP contribution >= 0.6 is 0 Å². The zero-order valence-corrected chi connectivity index (χ0v) is 17.2. The van der Waals surface area contributed by atoms with Crippen molar-refractivity contribution in [1.29, 1.82) is 5.41 Å². The highest BCUT2D eigenvalue weighted by Gasteiger charge is 2.46. The third kappa shape index (κ3) is 4.41. The zero-order chi connectivity index (χ0) is 20.3. The van der Waals surface area contributed by atoms with Gasteiger partial charge < -0.3 is 25.6 Å². The van der Waals surface area contributed by atoms with Crippen molar-refractivity contribution in [2.75, 3.05) is 44.2 Å². The number of nitrogens with zero attached hydrogens (tertiary/aromatic N) is 2. The Bertz CT molecular complexity index is 703. The van der Waals surface area contributed by atoms with Crippen LogP contribution in [-0.4, -0.2) is 62.0 Å². The number of rotatable bonds is 6. The van der Waals surface area contributed by atoms with Gasteiger partial charge in [-0.2, -0.15) is 0 Å². The molecule has 2 bridgehead atoms. The number of carbonyl (C=O) groups excluding carboxylic acids is 1. The lowest BCUT2D eigenvalue weighted by molar-refractivity contribution is -0.130. The van der Waals surface area contributed by atoms with Crippen molar-refractivity contribution in [1.82, 2.24) is 10.2 Å². The molecule has 1 aromatic carbocycles. The zero-order valence-electron chi connectivity index (χ0n) is 17.2. The van der Waals surface area contributed by atoms with E-state index in [1.54, 1.807) is 0 Å². The predicted octanol–water partition coefficient (Wildman–Crippen LogP) is 1.67. The monoisotopic (exact) mass is 387 g/mol. The molecule has 3 aliphatic heterocycles. The van der Waals surface area contributed by atoms with E-state index in [0.29, 0.717) is 19.1 Å². The molecule has 0 aliphatic carbocycles. The van der Waals surface area contributed by atoms with Crippen molar-refractivity contribution in [3.8, 4) is 5.75 Å². The lowest BCUT2D eigenvalue weighted by atomic mass is 9.73. The van der Waals surface area contributed by atoms with Crippen molar-refractivity contribution in [3.05, 3.63) is 24.3 Å². The molecule has 4 rings (SSSR count). The van der Waals surface area contributed by atoms with Gasteiger partial charge in [0, 0.05) is 25.3 Å². The van der Waals surface area contributed by atoms with Gasteiger partial charge in [-0.25, -0.2) is 0 Å². The first kappa shape index (κ1) is 20.5. The van der Waals surface area contributed by atoms with E-state index in [1.807, 2.05) is 24.0 Å². The molecule has 0 aromatic heterocycles. The van der Waals surface area contributed by atoms with E-state index < -0.39 is 0 Å². The minimum absolute atomic E-state index is 0.0412. The summed E-state index contributed by atoms with van der Waals surface area (Å²) in [6, 6.07) is 8.55. The average Bonchev–Trinajstić information content (AvgIpc) is 2.93. The van der Waals surface area contributed by atoms with Crippen LogP contribution in [0.3, 0.4) is 0 Å². The normalized spacial score (nSPS) is 23.3. The summed E-state index contributed by atoms with van der Waals surface area (Å²) in [4.78, 5) is 17.2. The number of nitrogens with two attached hydrogens (primary N) is 1. The molecule has 2 atom stereocenters. The van der Waals surface area contributed by atoms with Crippen LogP contribution in [0.2, 0.25) is 0 Å². The average molecular weight is 388 g/mol. The molecule has 3 aliphatic rings. The first-order valence-corrected chi connectivity index (χ1v) is 10.1. The lowest BCUT2D eigenvalue weighted by Gasteiger charge is -2.48. The topological polar surface area (TPSA) is 94.7 Å². The Balaban J connectivity index is 1.77. The first-order chi connectivity index (χ1) is 13.3. The maximum Gasteiger partial charge on any atom is 0.241 e. The van der Waals surface area contributed by atoms with Crippen molar-refractivity contribution >= 4 is 17.4 Å². The number of piperidine rings is 1. The van der Waals surface area contributed by atoms with E-state index in [-0.39, 0.29) is 36.3 Å². The number of benzene rings is 1. The van der Waals surface area contributed by atoms with Crippen LogP contribution < -0.4 is 20.7 Å². The van der Waals surface area contributed by atoms with E-state index in [2.05, 4.69) is 36.2 Å². The fourth-order valence-corrected chi connectivity index (χ4v) is 4.59. The molecule has 3 saturated heterocycles. The summed E-state index contributed by atoms with van der Waals surface area (Å²) in [6.07, 6.45) is 1.11. The molecule has 0 spiro atoms. The van der Waals surface area contributed by atoms with Crippen molar-refractivity contribution in [3.63, 3.8) is 0 Å². The highest BCUT2D eigenvalue weighted by Crippen LogP contribution is 2.43. The quantitative estimate of drug-likeness (QED) is 0.510. The maximum absolute atomic E-state index is 12.8. The van der Waals surface area contributed by atoms with Gasteiger partial charge in [0.15, 0.2) is 0 Å². The second kappa shape index (κ2) is 8.39. The van der Waals surface area contributed by atoms with E-state index in [1.165, 1.54) is 5.69 Å². The van der Waals surface area contributed by atoms with Gasteiger partial charge in [0.25, 0.3) is 0 Å². The molecule has 7 nitrogen and oxygen atoms in total. The van der Waals surface area contributed by atoms with Crippen LogP contribution in [0.1, 0.15) is 27.2 Å². The van der Waals surface area contributed by atoms with Crippen molar-refractivity contribution < 1.29 is 9.53 Å². The molecular weight excluding hydrogens is 354 g/mol. The molecule has 3 heterocycles. The number of nitrogens with one attached hydrogen (secondary N) is 2. The molecule has 0 radical (unpaired) electrons. The van der Waals surface area contributed by atoms with Crippen LogP contribution in [-0.2, 0) is 4.79 Å². The summed E-state index contributed by atoms with van der Waals surface area (Å²) in [7, 11) is 0. The Morgan fingerprint density at radius 2 is 2.00 bits per heavy atom. The maximum atomic E-state index is 12.8. The van der Waals surface area contributed by atoms with Gasteiger partial charge in [-0.05, 0) is 48.9 Å². The highest BCUT2D eigenvalue weighted by molar-refractivity contribution is 5.87. The third-order valence-corrected chi connectivity index (χ3v) is 5.91. The summed E-state index contributed by atoms with van der Waals surface area (Å²) in [5.41, 5.74) is 6.74. The molecule has 4 N–H and O–H groups in total. The number of carbonyl (C=O) groups is 1. The summed E-state index contributed by atoms with van der Waals surface area (Å²) in [5, 5.41) is 10.4. The fourth-order valence-electron chi connectivity index (χ4n) is 4.59. The van der Waals surface area contributed by atoms with Gasteiger partial charge in [0.2, 0.25) is 5.91 Å². The molecular formula is C21H33N5O2. The predicted molar refractivity (Wildman–Crippen MR) is 112 cm³/mol. The summed E-state index contributed by atoms with van der Waals surface area (Å²) in [5.74, 6) is 1.55. The third-order valence-electron chi connectivity index (χ3n) is 5.91. The fraction of sp³-hybridized carbons (Fsp3) is 0.619. The molecule has 1 unspecified atom stereocenters. The van der Waals surface area contributed by atoms with E-state index in [0.717, 1.165) is 25.3 Å². The number of ether oxygens (including phenoxy) is 1. The van der Waals surface area contributed by atoms with Gasteiger partial charge in [-0.15, -0.1) is 0 Å². The number of fused-ring (bicyclic) bond motifs is 4. The number of amidine groups is 1. The Kier molecular flexibility index (Phi) is 6.13. The smallest absolute Gasteiger partial charge is 0.241 e. The Hall–Kier alpha value is -2.28. The largest absolute Gasteiger partial charge is 0.494 e. The molecule has 28 heavy (non-hydrogen) atoms. The SMILES string of the molecule is CCOc1ccc(N2C[C@H]3CN(C(=O)CNC(=N)CN)CC2C(C)(C)C3)cc1. The van der Waals surface area contributed by atoms with Gasteiger partial charge in [-0.1, -0.05) is 13.8 Å². The lowest BCUT2D eigenvalue weighted by Crippen LogP contribution is -2.54. The van der Waals surface area contributed by atoms with Crippen LogP contribution in [0.4, 0.5) is 5.69 Å². The Morgan fingerprint density at radius 3 is 2.64 bits per heavy atom. The second-order valence-electron chi connectivity index (χ2n) is 8.49. The van der Waals surface area contributed by atoms with E-state index >= 15 is 0 Å². The Morgan fingerprint density at radius 1 is 1.29 bits per heavy atom. The highest BCUT2D eigenvalue weighted by atomic mass is 16.5.